The zero-order chi connectivity index (χ0) is 24.0. The first-order valence-electron chi connectivity index (χ1n) is 10.2. The Labute approximate surface area is 191 Å². The zero-order valence-electron chi connectivity index (χ0n) is 18.3. The zero-order valence-corrected chi connectivity index (χ0v) is 18.3. The van der Waals surface area contributed by atoms with Crippen molar-refractivity contribution in [2.75, 3.05) is 31.4 Å². The molecular formula is C25H25N3O5. The van der Waals surface area contributed by atoms with Gasteiger partial charge in [0.2, 0.25) is 0 Å². The van der Waals surface area contributed by atoms with Gasteiger partial charge in [-0.3, -0.25) is 0 Å². The average molecular weight is 447 g/mol. The van der Waals surface area contributed by atoms with E-state index in [0.717, 1.165) is 5.56 Å². The number of methoxy groups -OCH3 is 1. The van der Waals surface area contributed by atoms with Crippen molar-refractivity contribution in [3.63, 3.8) is 0 Å². The Morgan fingerprint density at radius 1 is 1.15 bits per heavy atom. The van der Waals surface area contributed by atoms with E-state index >= 15 is 0 Å². The molecule has 33 heavy (non-hydrogen) atoms. The minimum Gasteiger partial charge on any atom is -0.496 e. The van der Waals surface area contributed by atoms with Gasteiger partial charge in [0.15, 0.2) is 5.54 Å². The van der Waals surface area contributed by atoms with Crippen molar-refractivity contribution in [3.8, 4) is 28.7 Å². The van der Waals surface area contributed by atoms with E-state index in [1.165, 1.54) is 14.0 Å². The van der Waals surface area contributed by atoms with Gasteiger partial charge in [-0.1, -0.05) is 12.1 Å². The highest BCUT2D eigenvalue weighted by Gasteiger charge is 2.39. The molecule has 0 bridgehead atoms. The molecule has 170 valence electrons. The van der Waals surface area contributed by atoms with E-state index in [4.69, 9.17) is 20.5 Å². The van der Waals surface area contributed by atoms with Crippen LogP contribution in [0.25, 0.3) is 11.1 Å². The van der Waals surface area contributed by atoms with Crippen molar-refractivity contribution < 1.29 is 24.5 Å². The molecule has 0 spiro atoms. The highest BCUT2D eigenvalue weighted by atomic mass is 16.5. The minimum absolute atomic E-state index is 0.0255. The van der Waals surface area contributed by atoms with Gasteiger partial charge in [-0.15, -0.1) is 0 Å². The topological polar surface area (TPSA) is 138 Å². The van der Waals surface area contributed by atoms with E-state index in [2.05, 4.69) is 5.32 Å². The first-order chi connectivity index (χ1) is 15.8. The monoisotopic (exact) mass is 447 g/mol. The molecule has 0 saturated carbocycles. The van der Waals surface area contributed by atoms with Crippen molar-refractivity contribution in [1.82, 2.24) is 0 Å². The number of nitrogens with zero attached hydrogens (tertiary/aromatic N) is 1. The van der Waals surface area contributed by atoms with E-state index < -0.39 is 11.5 Å². The lowest BCUT2D eigenvalue weighted by molar-refractivity contribution is -0.142. The van der Waals surface area contributed by atoms with Crippen molar-refractivity contribution in [2.45, 2.75) is 12.5 Å². The summed E-state index contributed by atoms with van der Waals surface area (Å²) < 4.78 is 11.4. The SMILES string of the molecule is COc1cc(C(C)(Nc2ccc(C#N)cc2)C(=O)O)c(OCCO)cc1-c1cccc(N)c1. The third kappa shape index (κ3) is 5.00. The number of hydrogen-bond donors (Lipinski definition) is 4. The first kappa shape index (κ1) is 23.4. The minimum atomic E-state index is -1.62. The summed E-state index contributed by atoms with van der Waals surface area (Å²) in [4.78, 5) is 12.5. The van der Waals surface area contributed by atoms with E-state index in [1.54, 1.807) is 54.6 Å². The molecule has 0 amide bonds. The number of hydrogen-bond acceptors (Lipinski definition) is 7. The molecule has 5 N–H and O–H groups in total. The number of nitrogens with one attached hydrogen (secondary N) is 1. The predicted molar refractivity (Wildman–Crippen MR) is 125 cm³/mol. The summed E-state index contributed by atoms with van der Waals surface area (Å²) in [5, 5.41) is 31.6. The van der Waals surface area contributed by atoms with Gasteiger partial charge in [0.25, 0.3) is 0 Å². The number of benzene rings is 3. The summed E-state index contributed by atoms with van der Waals surface area (Å²) in [6.07, 6.45) is 0. The molecule has 0 aliphatic heterocycles. The molecule has 1 atom stereocenters. The smallest absolute Gasteiger partial charge is 0.333 e. The van der Waals surface area contributed by atoms with Crippen LogP contribution in [0.4, 0.5) is 11.4 Å². The van der Waals surface area contributed by atoms with Gasteiger partial charge in [0.05, 0.1) is 25.3 Å². The number of carbonyl (C=O) groups is 1. The maximum atomic E-state index is 12.5. The maximum Gasteiger partial charge on any atom is 0.333 e. The number of ether oxygens (including phenoxy) is 2. The predicted octanol–water partition coefficient (Wildman–Crippen LogP) is 3.60. The van der Waals surface area contributed by atoms with Crippen LogP contribution in [0.1, 0.15) is 18.1 Å². The van der Waals surface area contributed by atoms with Crippen LogP contribution < -0.4 is 20.5 Å². The van der Waals surface area contributed by atoms with Crippen molar-refractivity contribution >= 4 is 17.3 Å². The molecule has 0 aromatic heterocycles. The van der Waals surface area contributed by atoms with Gasteiger partial charge in [0, 0.05) is 22.5 Å². The number of nitrogen functional groups attached to an aromatic ring is 1. The molecule has 8 nitrogen and oxygen atoms in total. The second-order valence-electron chi connectivity index (χ2n) is 7.49. The van der Waals surface area contributed by atoms with E-state index in [0.29, 0.717) is 33.8 Å². The number of nitriles is 1. The molecule has 0 aliphatic carbocycles. The van der Waals surface area contributed by atoms with E-state index in [-0.39, 0.29) is 19.0 Å². The third-order valence-electron chi connectivity index (χ3n) is 5.22. The van der Waals surface area contributed by atoms with Gasteiger partial charge < -0.3 is 30.7 Å². The van der Waals surface area contributed by atoms with Crippen LogP contribution in [0.15, 0.2) is 60.7 Å². The van der Waals surface area contributed by atoms with Gasteiger partial charge in [-0.25, -0.2) is 4.79 Å². The fourth-order valence-corrected chi connectivity index (χ4v) is 3.48. The number of aliphatic hydroxyl groups excluding tert-OH is 1. The molecule has 3 aromatic rings. The fourth-order valence-electron chi connectivity index (χ4n) is 3.48. The summed E-state index contributed by atoms with van der Waals surface area (Å²) in [6, 6.07) is 19.0. The largest absolute Gasteiger partial charge is 0.496 e. The van der Waals surface area contributed by atoms with E-state index in [9.17, 15) is 15.0 Å². The van der Waals surface area contributed by atoms with Crippen LogP contribution in [-0.2, 0) is 10.3 Å². The van der Waals surface area contributed by atoms with Crippen molar-refractivity contribution in [2.24, 2.45) is 0 Å². The van der Waals surface area contributed by atoms with Crippen molar-refractivity contribution in [1.29, 1.82) is 5.26 Å². The number of aliphatic carboxylic acids is 1. The number of aliphatic hydroxyl groups is 1. The molecule has 0 aliphatic rings. The molecule has 3 aromatic carbocycles. The summed E-state index contributed by atoms with van der Waals surface area (Å²) >= 11 is 0. The fraction of sp³-hybridized carbons (Fsp3) is 0.200. The maximum absolute atomic E-state index is 12.5. The summed E-state index contributed by atoms with van der Waals surface area (Å²) in [5.74, 6) is -0.450. The Kier molecular flexibility index (Phi) is 7.06. The molecule has 8 heteroatoms. The van der Waals surface area contributed by atoms with Gasteiger partial charge in [-0.05, 0) is 61.0 Å². The molecule has 1 unspecified atom stereocenters. The van der Waals surface area contributed by atoms with Crippen LogP contribution in [0.5, 0.6) is 11.5 Å². The summed E-state index contributed by atoms with van der Waals surface area (Å²) in [6.45, 7) is 1.24. The molecule has 0 radical (unpaired) electrons. The summed E-state index contributed by atoms with van der Waals surface area (Å²) in [7, 11) is 1.50. The highest BCUT2D eigenvalue weighted by molar-refractivity contribution is 5.87. The lowest BCUT2D eigenvalue weighted by atomic mass is 9.88. The second kappa shape index (κ2) is 9.94. The number of carboxylic acids is 1. The van der Waals surface area contributed by atoms with Crippen LogP contribution >= 0.6 is 0 Å². The van der Waals surface area contributed by atoms with Crippen molar-refractivity contribution in [3.05, 3.63) is 71.8 Å². The van der Waals surface area contributed by atoms with Crippen LogP contribution in [0.3, 0.4) is 0 Å². The normalized spacial score (nSPS) is 12.3. The lowest BCUT2D eigenvalue weighted by Crippen LogP contribution is -2.41. The molecule has 0 saturated heterocycles. The second-order valence-corrected chi connectivity index (χ2v) is 7.49. The Morgan fingerprint density at radius 2 is 1.88 bits per heavy atom. The Balaban J connectivity index is 2.17. The Morgan fingerprint density at radius 3 is 2.45 bits per heavy atom. The average Bonchev–Trinajstić information content (AvgIpc) is 2.82. The van der Waals surface area contributed by atoms with Gasteiger partial charge in [0.1, 0.15) is 18.1 Å². The van der Waals surface area contributed by atoms with Gasteiger partial charge >= 0.3 is 5.97 Å². The first-order valence-corrected chi connectivity index (χ1v) is 10.2. The number of nitrogens with two attached hydrogens (primary N) is 1. The molecule has 0 fully saturated rings. The lowest BCUT2D eigenvalue weighted by Gasteiger charge is -2.30. The molecule has 3 rings (SSSR count). The van der Waals surface area contributed by atoms with Crippen LogP contribution in [-0.4, -0.2) is 36.5 Å². The molecule has 0 heterocycles. The van der Waals surface area contributed by atoms with Crippen LogP contribution in [0, 0.1) is 11.3 Å². The Hall–Kier alpha value is -4.22. The van der Waals surface area contributed by atoms with Crippen LogP contribution in [0.2, 0.25) is 0 Å². The van der Waals surface area contributed by atoms with E-state index in [1.807, 2.05) is 12.1 Å². The number of anilines is 2. The van der Waals surface area contributed by atoms with Gasteiger partial charge in [-0.2, -0.15) is 5.26 Å². The third-order valence-corrected chi connectivity index (χ3v) is 5.22. The standard InChI is InChI=1S/C25H25N3O5/c1-25(24(30)31,28-19-8-6-16(15-26)7-9-19)21-14-22(32-2)20(13-23(21)33-11-10-29)17-4-3-5-18(27)12-17/h3-9,12-14,28-29H,10-11,27H2,1-2H3,(H,30,31). The Bertz CT molecular complexity index is 1190. The quantitative estimate of drug-likeness (QED) is 0.365. The number of carboxylic acid groups (broad SMARTS) is 1. The highest BCUT2D eigenvalue weighted by Crippen LogP contribution is 2.42. The summed E-state index contributed by atoms with van der Waals surface area (Å²) in [5.41, 5.74) is 7.57. The molecular weight excluding hydrogens is 422 g/mol. The number of rotatable bonds is 9.